The number of benzene rings is 1. The molecular formula is C11H12FN3O3S. The van der Waals surface area contributed by atoms with Gasteiger partial charge in [0.15, 0.2) is 5.82 Å². The molecule has 1 fully saturated rings. The molecule has 0 spiro atoms. The number of anilines is 1. The number of hydrogen-bond acceptors (Lipinski definition) is 5. The third kappa shape index (κ3) is 3.42. The van der Waals surface area contributed by atoms with Crippen molar-refractivity contribution in [3.8, 4) is 0 Å². The molecule has 1 aliphatic rings. The molecule has 2 N–H and O–H groups in total. The first-order chi connectivity index (χ1) is 9.08. The van der Waals surface area contributed by atoms with Gasteiger partial charge in [0.2, 0.25) is 5.91 Å². The van der Waals surface area contributed by atoms with Gasteiger partial charge in [0, 0.05) is 24.1 Å². The number of carbonyl (C=O) groups is 1. The minimum absolute atomic E-state index is 0.0482. The second-order valence-electron chi connectivity index (χ2n) is 3.99. The summed E-state index contributed by atoms with van der Waals surface area (Å²) in [7, 11) is 0. The minimum atomic E-state index is -0.814. The number of amides is 1. The number of hydrogen-bond donors (Lipinski definition) is 2. The van der Waals surface area contributed by atoms with Gasteiger partial charge in [-0.15, -0.1) is 0 Å². The third-order valence-corrected chi connectivity index (χ3v) is 3.72. The zero-order valence-corrected chi connectivity index (χ0v) is 10.7. The topological polar surface area (TPSA) is 84.3 Å². The highest BCUT2D eigenvalue weighted by Crippen LogP contribution is 2.21. The molecule has 0 saturated carbocycles. The fourth-order valence-corrected chi connectivity index (χ4v) is 2.61. The molecule has 19 heavy (non-hydrogen) atoms. The predicted octanol–water partition coefficient (Wildman–Crippen LogP) is 1.38. The molecule has 1 aliphatic heterocycles. The van der Waals surface area contributed by atoms with Crippen LogP contribution in [0.25, 0.3) is 0 Å². The molecule has 8 heteroatoms. The average molecular weight is 285 g/mol. The van der Waals surface area contributed by atoms with E-state index in [1.807, 2.05) is 0 Å². The average Bonchev–Trinajstić information content (AvgIpc) is 2.41. The molecule has 1 atom stereocenters. The van der Waals surface area contributed by atoms with Crippen LogP contribution in [0.4, 0.5) is 15.8 Å². The highest BCUT2D eigenvalue weighted by atomic mass is 32.2. The summed E-state index contributed by atoms with van der Waals surface area (Å²) in [6.45, 7) is 0.728. The van der Waals surface area contributed by atoms with E-state index in [4.69, 9.17) is 0 Å². The van der Waals surface area contributed by atoms with Crippen LogP contribution >= 0.6 is 11.8 Å². The van der Waals surface area contributed by atoms with Crippen molar-refractivity contribution in [1.29, 1.82) is 0 Å². The van der Waals surface area contributed by atoms with Crippen molar-refractivity contribution in [1.82, 2.24) is 5.32 Å². The molecular weight excluding hydrogens is 273 g/mol. The Morgan fingerprint density at radius 2 is 2.37 bits per heavy atom. The lowest BCUT2D eigenvalue weighted by Gasteiger charge is -2.22. The Labute approximate surface area is 112 Å². The maximum atomic E-state index is 13.6. The quantitative estimate of drug-likeness (QED) is 0.647. The van der Waals surface area contributed by atoms with Crippen molar-refractivity contribution < 1.29 is 14.1 Å². The normalized spacial score (nSPS) is 18.9. The van der Waals surface area contributed by atoms with Gasteiger partial charge in [0.25, 0.3) is 5.69 Å². The molecule has 102 valence electrons. The molecule has 2 rings (SSSR count). The molecule has 1 amide bonds. The molecule has 1 aromatic rings. The standard InChI is InChI=1S/C11H12FN3O3S/c12-8-5-7(15(17)18)1-2-9(8)14-11(16)10-6-19-4-3-13-10/h1-2,5,10,13H,3-4,6H2,(H,14,16). The molecule has 1 heterocycles. The van der Waals surface area contributed by atoms with Gasteiger partial charge >= 0.3 is 0 Å². The fraction of sp³-hybridized carbons (Fsp3) is 0.364. The SMILES string of the molecule is O=C(Nc1ccc([N+](=O)[O-])cc1F)C1CSCCN1. The second kappa shape index (κ2) is 5.98. The van der Waals surface area contributed by atoms with Crippen molar-refractivity contribution in [2.45, 2.75) is 6.04 Å². The summed E-state index contributed by atoms with van der Waals surface area (Å²) in [6.07, 6.45) is 0. The van der Waals surface area contributed by atoms with Crippen molar-refractivity contribution >= 4 is 29.0 Å². The van der Waals surface area contributed by atoms with Crippen molar-refractivity contribution in [3.63, 3.8) is 0 Å². The highest BCUT2D eigenvalue weighted by Gasteiger charge is 2.22. The van der Waals surface area contributed by atoms with E-state index in [0.29, 0.717) is 5.75 Å². The number of nitrogens with one attached hydrogen (secondary N) is 2. The summed E-state index contributed by atoms with van der Waals surface area (Å²) in [5.41, 5.74) is -0.394. The molecule has 0 bridgehead atoms. The molecule has 1 aromatic carbocycles. The smallest absolute Gasteiger partial charge is 0.272 e. The molecule has 0 radical (unpaired) electrons. The largest absolute Gasteiger partial charge is 0.322 e. The van der Waals surface area contributed by atoms with E-state index < -0.39 is 10.7 Å². The third-order valence-electron chi connectivity index (χ3n) is 2.66. The number of nitrogens with zero attached hydrogens (tertiary/aromatic N) is 1. The van der Waals surface area contributed by atoms with E-state index in [1.54, 1.807) is 11.8 Å². The van der Waals surface area contributed by atoms with E-state index in [2.05, 4.69) is 10.6 Å². The van der Waals surface area contributed by atoms with E-state index in [-0.39, 0.29) is 23.3 Å². The maximum Gasteiger partial charge on any atom is 0.272 e. The minimum Gasteiger partial charge on any atom is -0.322 e. The Morgan fingerprint density at radius 3 is 2.95 bits per heavy atom. The lowest BCUT2D eigenvalue weighted by Crippen LogP contribution is -2.46. The van der Waals surface area contributed by atoms with Gasteiger partial charge in [-0.1, -0.05) is 0 Å². The van der Waals surface area contributed by atoms with Crippen LogP contribution in [-0.2, 0) is 4.79 Å². The fourth-order valence-electron chi connectivity index (χ4n) is 1.67. The first kappa shape index (κ1) is 13.8. The zero-order chi connectivity index (χ0) is 13.8. The van der Waals surface area contributed by atoms with Crippen LogP contribution in [0.5, 0.6) is 0 Å². The van der Waals surface area contributed by atoms with Crippen molar-refractivity contribution in [3.05, 3.63) is 34.1 Å². The molecule has 0 aromatic heterocycles. The number of halogens is 1. The van der Waals surface area contributed by atoms with Crippen LogP contribution in [0.1, 0.15) is 0 Å². The van der Waals surface area contributed by atoms with Gasteiger partial charge in [-0.25, -0.2) is 4.39 Å². The van der Waals surface area contributed by atoms with E-state index in [1.165, 1.54) is 6.07 Å². The lowest BCUT2D eigenvalue weighted by atomic mass is 10.2. The number of rotatable bonds is 3. The summed E-state index contributed by atoms with van der Waals surface area (Å²) in [6, 6.07) is 2.77. The predicted molar refractivity (Wildman–Crippen MR) is 70.8 cm³/mol. The van der Waals surface area contributed by atoms with Crippen molar-refractivity contribution in [2.75, 3.05) is 23.4 Å². The Bertz CT molecular complexity index is 506. The second-order valence-corrected chi connectivity index (χ2v) is 5.14. The Balaban J connectivity index is 2.06. The van der Waals surface area contributed by atoms with Crippen LogP contribution in [0, 0.1) is 15.9 Å². The maximum absolute atomic E-state index is 13.6. The van der Waals surface area contributed by atoms with E-state index in [0.717, 1.165) is 24.4 Å². The number of nitro groups is 1. The number of nitro benzene ring substituents is 1. The van der Waals surface area contributed by atoms with Crippen LogP contribution < -0.4 is 10.6 Å². The molecule has 1 unspecified atom stereocenters. The molecule has 0 aliphatic carbocycles. The van der Waals surface area contributed by atoms with Gasteiger partial charge in [-0.2, -0.15) is 11.8 Å². The Kier molecular flexibility index (Phi) is 4.33. The molecule has 1 saturated heterocycles. The summed E-state index contributed by atoms with van der Waals surface area (Å²) >= 11 is 1.65. The summed E-state index contributed by atoms with van der Waals surface area (Å²) in [4.78, 5) is 21.6. The Hall–Kier alpha value is -1.67. The van der Waals surface area contributed by atoms with E-state index >= 15 is 0 Å². The molecule has 6 nitrogen and oxygen atoms in total. The summed E-state index contributed by atoms with van der Waals surface area (Å²) in [5.74, 6) is 0.418. The van der Waals surface area contributed by atoms with Gasteiger partial charge in [0.1, 0.15) is 0 Å². The summed E-state index contributed by atoms with van der Waals surface area (Å²) < 4.78 is 13.6. The van der Waals surface area contributed by atoms with Crippen LogP contribution in [-0.4, -0.2) is 34.9 Å². The summed E-state index contributed by atoms with van der Waals surface area (Å²) in [5, 5.41) is 15.9. The zero-order valence-electron chi connectivity index (χ0n) is 9.89. The number of non-ortho nitro benzene ring substituents is 1. The van der Waals surface area contributed by atoms with Gasteiger partial charge in [-0.05, 0) is 6.07 Å². The highest BCUT2D eigenvalue weighted by molar-refractivity contribution is 7.99. The Morgan fingerprint density at radius 1 is 1.58 bits per heavy atom. The van der Waals surface area contributed by atoms with Crippen LogP contribution in [0.3, 0.4) is 0 Å². The van der Waals surface area contributed by atoms with Crippen molar-refractivity contribution in [2.24, 2.45) is 0 Å². The van der Waals surface area contributed by atoms with Gasteiger partial charge < -0.3 is 10.6 Å². The number of thioether (sulfide) groups is 1. The van der Waals surface area contributed by atoms with Crippen LogP contribution in [0.2, 0.25) is 0 Å². The monoisotopic (exact) mass is 285 g/mol. The van der Waals surface area contributed by atoms with Gasteiger partial charge in [-0.3, -0.25) is 14.9 Å². The van der Waals surface area contributed by atoms with E-state index in [9.17, 15) is 19.3 Å². The first-order valence-corrected chi connectivity index (χ1v) is 6.79. The lowest BCUT2D eigenvalue weighted by molar-refractivity contribution is -0.385. The van der Waals surface area contributed by atoms with Crippen LogP contribution in [0.15, 0.2) is 18.2 Å². The number of carbonyl (C=O) groups excluding carboxylic acids is 1. The van der Waals surface area contributed by atoms with Gasteiger partial charge in [0.05, 0.1) is 22.7 Å². The first-order valence-electron chi connectivity index (χ1n) is 5.64.